The quantitative estimate of drug-likeness (QED) is 0.381. The van der Waals surface area contributed by atoms with Gasteiger partial charge >= 0.3 is 0 Å². The topological polar surface area (TPSA) is 21.7 Å². The number of hydrogen-bond donors (Lipinski definition) is 0. The van der Waals surface area contributed by atoms with Crippen molar-refractivity contribution in [1.29, 1.82) is 0 Å². The molecule has 0 radical (unpaired) electrons. The van der Waals surface area contributed by atoms with Gasteiger partial charge in [-0.1, -0.05) is 60.7 Å². The molecule has 0 fully saturated rings. The Balaban J connectivity index is 1.50. The minimum atomic E-state index is -0.498. The molecule has 0 aromatic heterocycles. The highest BCUT2D eigenvalue weighted by Crippen LogP contribution is 2.19. The Morgan fingerprint density at radius 2 is 1.30 bits per heavy atom. The zero-order valence-corrected chi connectivity index (χ0v) is 17.8. The van der Waals surface area contributed by atoms with Crippen LogP contribution in [-0.2, 0) is 17.8 Å². The fraction of sp³-hybridized carbons (Fsp3) is 0.308. The van der Waals surface area contributed by atoms with E-state index in [1.165, 1.54) is 23.3 Å². The summed E-state index contributed by atoms with van der Waals surface area (Å²) in [5, 5.41) is 0. The number of nitrogens with zero attached hydrogens (tertiary/aromatic N) is 1. The normalized spacial score (nSPS) is 11.6. The molecule has 0 aliphatic heterocycles. The Morgan fingerprint density at radius 3 is 1.83 bits per heavy atom. The maximum atomic E-state index is 13.1. The molecule has 3 aromatic carbocycles. The molecule has 0 heterocycles. The number of halogens is 1. The maximum absolute atomic E-state index is 13.1. The second-order valence-corrected chi connectivity index (χ2v) is 8.05. The lowest BCUT2D eigenvalue weighted by Crippen LogP contribution is -2.35. The van der Waals surface area contributed by atoms with Gasteiger partial charge in [0.05, 0.1) is 13.2 Å². The van der Waals surface area contributed by atoms with Gasteiger partial charge in [-0.3, -0.25) is 4.90 Å². The molecule has 3 nitrogen and oxygen atoms in total. The summed E-state index contributed by atoms with van der Waals surface area (Å²) in [5.74, 6) is 0.369. The fourth-order valence-corrected chi connectivity index (χ4v) is 3.26. The van der Waals surface area contributed by atoms with Crippen molar-refractivity contribution in [1.82, 2.24) is 4.90 Å². The molecule has 3 rings (SSSR count). The zero-order chi connectivity index (χ0) is 21.2. The predicted octanol–water partition coefficient (Wildman–Crippen LogP) is 5.70. The summed E-state index contributed by atoms with van der Waals surface area (Å²) in [4.78, 5) is 2.39. The molecule has 0 atom stereocenters. The first kappa shape index (κ1) is 22.0. The van der Waals surface area contributed by atoms with Gasteiger partial charge in [-0.05, 0) is 49.2 Å². The standard InChI is InChI=1S/C26H30FNO2/c1-26(2,30-25-15-13-24(27)14-16-25)21-29-18-17-28(19-22-9-5-3-6-10-22)20-23-11-7-4-8-12-23/h3-16H,17-21H2,1-2H3. The molecule has 0 bridgehead atoms. The summed E-state index contributed by atoms with van der Waals surface area (Å²) >= 11 is 0. The van der Waals surface area contributed by atoms with Crippen molar-refractivity contribution < 1.29 is 13.9 Å². The van der Waals surface area contributed by atoms with Crippen molar-refractivity contribution >= 4 is 0 Å². The van der Waals surface area contributed by atoms with Gasteiger partial charge in [-0.25, -0.2) is 4.39 Å². The van der Waals surface area contributed by atoms with Crippen molar-refractivity contribution in [3.05, 3.63) is 102 Å². The van der Waals surface area contributed by atoms with Gasteiger partial charge in [0.15, 0.2) is 0 Å². The van der Waals surface area contributed by atoms with Crippen LogP contribution in [0.5, 0.6) is 5.75 Å². The van der Waals surface area contributed by atoms with Crippen LogP contribution in [0.15, 0.2) is 84.9 Å². The molecular weight excluding hydrogens is 377 g/mol. The minimum Gasteiger partial charge on any atom is -0.485 e. The number of hydrogen-bond acceptors (Lipinski definition) is 3. The molecule has 0 amide bonds. The third kappa shape index (κ3) is 7.62. The highest BCUT2D eigenvalue weighted by Gasteiger charge is 2.20. The van der Waals surface area contributed by atoms with E-state index in [-0.39, 0.29) is 5.82 Å². The molecule has 0 N–H and O–H groups in total. The summed E-state index contributed by atoms with van der Waals surface area (Å²) in [6.45, 7) is 7.56. The van der Waals surface area contributed by atoms with Gasteiger partial charge in [0.25, 0.3) is 0 Å². The Morgan fingerprint density at radius 1 is 0.767 bits per heavy atom. The molecule has 30 heavy (non-hydrogen) atoms. The van der Waals surface area contributed by atoms with E-state index in [1.54, 1.807) is 12.1 Å². The lowest BCUT2D eigenvalue weighted by Gasteiger charge is -2.27. The van der Waals surface area contributed by atoms with Crippen LogP contribution in [0.25, 0.3) is 0 Å². The van der Waals surface area contributed by atoms with Crippen LogP contribution in [0, 0.1) is 5.82 Å². The molecule has 0 unspecified atom stereocenters. The largest absolute Gasteiger partial charge is 0.485 e. The van der Waals surface area contributed by atoms with Crippen LogP contribution in [0.2, 0.25) is 0 Å². The SMILES string of the molecule is CC(C)(COCCN(Cc1ccccc1)Cc1ccccc1)Oc1ccc(F)cc1. The second kappa shape index (κ2) is 10.9. The van der Waals surface area contributed by atoms with Crippen LogP contribution in [0.1, 0.15) is 25.0 Å². The van der Waals surface area contributed by atoms with Gasteiger partial charge in [0, 0.05) is 19.6 Å². The van der Waals surface area contributed by atoms with E-state index in [2.05, 4.69) is 53.4 Å². The van der Waals surface area contributed by atoms with E-state index in [0.717, 1.165) is 19.6 Å². The van der Waals surface area contributed by atoms with E-state index >= 15 is 0 Å². The third-order valence-electron chi connectivity index (χ3n) is 4.71. The highest BCUT2D eigenvalue weighted by molar-refractivity contribution is 5.23. The van der Waals surface area contributed by atoms with E-state index in [9.17, 15) is 4.39 Å². The first-order chi connectivity index (χ1) is 14.5. The lowest BCUT2D eigenvalue weighted by molar-refractivity contribution is -0.0104. The van der Waals surface area contributed by atoms with Crippen molar-refractivity contribution in [3.63, 3.8) is 0 Å². The van der Waals surface area contributed by atoms with Gasteiger partial charge in [0.2, 0.25) is 0 Å². The number of ether oxygens (including phenoxy) is 2. The van der Waals surface area contributed by atoms with Crippen molar-refractivity contribution in [3.8, 4) is 5.75 Å². The van der Waals surface area contributed by atoms with E-state index in [0.29, 0.717) is 19.0 Å². The van der Waals surface area contributed by atoms with Crippen molar-refractivity contribution in [2.75, 3.05) is 19.8 Å². The smallest absolute Gasteiger partial charge is 0.127 e. The Hall–Kier alpha value is -2.69. The minimum absolute atomic E-state index is 0.270. The summed E-state index contributed by atoms with van der Waals surface area (Å²) in [6, 6.07) is 27.0. The molecule has 0 spiro atoms. The Kier molecular flexibility index (Phi) is 8.00. The van der Waals surface area contributed by atoms with Gasteiger partial charge in [-0.2, -0.15) is 0 Å². The Labute approximate surface area is 179 Å². The lowest BCUT2D eigenvalue weighted by atomic mass is 10.1. The van der Waals surface area contributed by atoms with Crippen LogP contribution >= 0.6 is 0 Å². The fourth-order valence-electron chi connectivity index (χ4n) is 3.26. The van der Waals surface area contributed by atoms with Crippen molar-refractivity contribution in [2.45, 2.75) is 32.5 Å². The molecule has 4 heteroatoms. The number of benzene rings is 3. The third-order valence-corrected chi connectivity index (χ3v) is 4.71. The van der Waals surface area contributed by atoms with Gasteiger partial charge < -0.3 is 9.47 Å². The van der Waals surface area contributed by atoms with Crippen molar-refractivity contribution in [2.24, 2.45) is 0 Å². The molecule has 158 valence electrons. The molecule has 0 saturated carbocycles. The monoisotopic (exact) mass is 407 g/mol. The first-order valence-corrected chi connectivity index (χ1v) is 10.3. The average molecular weight is 408 g/mol. The van der Waals surface area contributed by atoms with E-state index in [4.69, 9.17) is 9.47 Å². The zero-order valence-electron chi connectivity index (χ0n) is 17.8. The van der Waals surface area contributed by atoms with Crippen LogP contribution in [0.4, 0.5) is 4.39 Å². The Bertz CT molecular complexity index is 825. The first-order valence-electron chi connectivity index (χ1n) is 10.3. The van der Waals surface area contributed by atoms with Crippen LogP contribution in [-0.4, -0.2) is 30.3 Å². The predicted molar refractivity (Wildman–Crippen MR) is 119 cm³/mol. The van der Waals surface area contributed by atoms with E-state index < -0.39 is 5.60 Å². The van der Waals surface area contributed by atoms with Gasteiger partial charge in [0.1, 0.15) is 17.2 Å². The molecule has 0 saturated heterocycles. The molecular formula is C26H30FNO2. The van der Waals surface area contributed by atoms with E-state index in [1.807, 2.05) is 26.0 Å². The number of rotatable bonds is 11. The molecule has 0 aliphatic carbocycles. The second-order valence-electron chi connectivity index (χ2n) is 8.05. The van der Waals surface area contributed by atoms with Crippen LogP contribution in [0.3, 0.4) is 0 Å². The molecule has 3 aromatic rings. The van der Waals surface area contributed by atoms with Crippen LogP contribution < -0.4 is 4.74 Å². The summed E-state index contributed by atoms with van der Waals surface area (Å²) in [5.41, 5.74) is 2.07. The maximum Gasteiger partial charge on any atom is 0.127 e. The highest BCUT2D eigenvalue weighted by atomic mass is 19.1. The average Bonchev–Trinajstić information content (AvgIpc) is 2.74. The van der Waals surface area contributed by atoms with Gasteiger partial charge in [-0.15, -0.1) is 0 Å². The molecule has 0 aliphatic rings. The summed E-state index contributed by atoms with van der Waals surface area (Å²) in [7, 11) is 0. The summed E-state index contributed by atoms with van der Waals surface area (Å²) < 4.78 is 25.0. The summed E-state index contributed by atoms with van der Waals surface area (Å²) in [6.07, 6.45) is 0.